The number of para-hydroxylation sites is 1. The number of carbonyl (C=O) groups excluding carboxylic acids is 2. The number of rotatable bonds is 8. The predicted molar refractivity (Wildman–Crippen MR) is 136 cm³/mol. The second kappa shape index (κ2) is 10.0. The zero-order valence-corrected chi connectivity index (χ0v) is 20.5. The van der Waals surface area contributed by atoms with Crippen LogP contribution in [0, 0.1) is 6.92 Å². The monoisotopic (exact) mass is 470 g/mol. The number of aryl methyl sites for hydroxylation is 1. The summed E-state index contributed by atoms with van der Waals surface area (Å²) in [5, 5.41) is 11.5. The molecule has 1 N–H and O–H groups in total. The fourth-order valence-corrected chi connectivity index (χ4v) is 3.83. The van der Waals surface area contributed by atoms with Crippen molar-refractivity contribution in [1.29, 1.82) is 0 Å². The summed E-state index contributed by atoms with van der Waals surface area (Å²) in [7, 11) is 0. The maximum Gasteiger partial charge on any atom is 0.249 e. The van der Waals surface area contributed by atoms with Gasteiger partial charge in [0.1, 0.15) is 18.1 Å². The van der Waals surface area contributed by atoms with Gasteiger partial charge < -0.3 is 5.32 Å². The minimum Gasteiger partial charge on any atom is -0.349 e. The van der Waals surface area contributed by atoms with Gasteiger partial charge in [0, 0.05) is 23.6 Å². The van der Waals surface area contributed by atoms with E-state index in [9.17, 15) is 9.59 Å². The first-order valence-corrected chi connectivity index (χ1v) is 11.7. The van der Waals surface area contributed by atoms with Crippen molar-refractivity contribution in [2.75, 3.05) is 4.90 Å². The lowest BCUT2D eigenvalue weighted by Crippen LogP contribution is -2.51. The van der Waals surface area contributed by atoms with Crippen molar-refractivity contribution in [3.8, 4) is 0 Å². The fourth-order valence-electron chi connectivity index (χ4n) is 3.83. The summed E-state index contributed by atoms with van der Waals surface area (Å²) in [5.41, 5.74) is 3.36. The summed E-state index contributed by atoms with van der Waals surface area (Å²) in [6, 6.07) is 17.7. The van der Waals surface area contributed by atoms with Crippen LogP contribution in [0.5, 0.6) is 0 Å². The highest BCUT2D eigenvalue weighted by molar-refractivity contribution is 6.01. The van der Waals surface area contributed by atoms with Gasteiger partial charge in [0.05, 0.1) is 5.52 Å². The molecule has 0 bridgehead atoms. The summed E-state index contributed by atoms with van der Waals surface area (Å²) in [6.45, 7) is 7.86. The van der Waals surface area contributed by atoms with Crippen molar-refractivity contribution in [2.45, 2.75) is 52.2 Å². The van der Waals surface area contributed by atoms with Crippen LogP contribution in [0.15, 0.2) is 73.1 Å². The fraction of sp³-hybridized carbons (Fsp3) is 0.296. The molecule has 2 aromatic carbocycles. The van der Waals surface area contributed by atoms with Crippen LogP contribution in [-0.4, -0.2) is 37.3 Å². The van der Waals surface area contributed by atoms with Crippen LogP contribution in [0.3, 0.4) is 0 Å². The number of benzene rings is 2. The van der Waals surface area contributed by atoms with Gasteiger partial charge in [-0.15, -0.1) is 5.10 Å². The third-order valence-electron chi connectivity index (χ3n) is 6.16. The van der Waals surface area contributed by atoms with Crippen LogP contribution >= 0.6 is 0 Å². The van der Waals surface area contributed by atoms with Gasteiger partial charge >= 0.3 is 0 Å². The van der Waals surface area contributed by atoms with E-state index in [0.717, 1.165) is 17.5 Å². The van der Waals surface area contributed by atoms with Gasteiger partial charge in [0.15, 0.2) is 0 Å². The van der Waals surface area contributed by atoms with Crippen LogP contribution in [0.25, 0.3) is 11.0 Å². The molecule has 4 aromatic rings. The molecule has 0 aliphatic heterocycles. The van der Waals surface area contributed by atoms with Gasteiger partial charge in [-0.05, 0) is 69.2 Å². The molecular formula is C27H30N6O2. The number of hydrogen-bond acceptors (Lipinski definition) is 5. The highest BCUT2D eigenvalue weighted by Gasteiger charge is 2.35. The Hall–Kier alpha value is -4.07. The number of hydrogen-bond donors (Lipinski definition) is 1. The molecule has 8 heteroatoms. The van der Waals surface area contributed by atoms with Crippen LogP contribution < -0.4 is 10.2 Å². The first kappa shape index (κ1) is 24.1. The van der Waals surface area contributed by atoms with Crippen LogP contribution in [0.2, 0.25) is 0 Å². The standard InChI is InChI=1S/C27H30N6O2/c1-5-27(3,4)29-26(35)25(20-14-16-28-17-15-20)33(21-12-10-19(2)11-13-21)24(34)18-32-23-9-7-6-8-22(23)30-31-32/h6-17,25H,5,18H2,1-4H3,(H,29,35). The van der Waals surface area contributed by atoms with Crippen molar-refractivity contribution in [3.63, 3.8) is 0 Å². The lowest BCUT2D eigenvalue weighted by atomic mass is 9.98. The van der Waals surface area contributed by atoms with E-state index in [1.807, 2.05) is 76.2 Å². The van der Waals surface area contributed by atoms with E-state index >= 15 is 0 Å². The van der Waals surface area contributed by atoms with Gasteiger partial charge in [0.2, 0.25) is 11.8 Å². The Kier molecular flexibility index (Phi) is 6.91. The molecule has 1 unspecified atom stereocenters. The number of carbonyl (C=O) groups is 2. The van der Waals surface area contributed by atoms with E-state index in [1.54, 1.807) is 34.1 Å². The van der Waals surface area contributed by atoms with Crippen molar-refractivity contribution >= 4 is 28.5 Å². The van der Waals surface area contributed by atoms with Gasteiger partial charge in [-0.1, -0.05) is 42.0 Å². The maximum atomic E-state index is 13.9. The van der Waals surface area contributed by atoms with Crippen molar-refractivity contribution < 1.29 is 9.59 Å². The molecule has 8 nitrogen and oxygen atoms in total. The Bertz CT molecular complexity index is 1310. The molecule has 0 aliphatic carbocycles. The van der Waals surface area contributed by atoms with E-state index in [4.69, 9.17) is 0 Å². The number of anilines is 1. The van der Waals surface area contributed by atoms with Gasteiger partial charge in [-0.3, -0.25) is 19.5 Å². The third kappa shape index (κ3) is 5.37. The van der Waals surface area contributed by atoms with E-state index < -0.39 is 11.6 Å². The summed E-state index contributed by atoms with van der Waals surface area (Å²) in [6.07, 6.45) is 4.00. The third-order valence-corrected chi connectivity index (χ3v) is 6.16. The number of nitrogens with one attached hydrogen (secondary N) is 1. The van der Waals surface area contributed by atoms with E-state index in [0.29, 0.717) is 16.8 Å². The molecule has 2 amide bonds. The SMILES string of the molecule is CCC(C)(C)NC(=O)C(c1ccncc1)N(C(=O)Cn1nnc2ccccc21)c1ccc(C)cc1. The van der Waals surface area contributed by atoms with Crippen molar-refractivity contribution in [2.24, 2.45) is 0 Å². The molecule has 2 aromatic heterocycles. The average molecular weight is 471 g/mol. The molecule has 35 heavy (non-hydrogen) atoms. The Labute approximate surface area is 205 Å². The molecule has 1 atom stereocenters. The first-order chi connectivity index (χ1) is 16.8. The van der Waals surface area contributed by atoms with Gasteiger partial charge in [0.25, 0.3) is 0 Å². The Morgan fingerprint density at radius 2 is 1.71 bits per heavy atom. The zero-order valence-electron chi connectivity index (χ0n) is 20.5. The van der Waals surface area contributed by atoms with E-state index in [1.165, 1.54) is 0 Å². The molecule has 0 saturated carbocycles. The van der Waals surface area contributed by atoms with Gasteiger partial charge in [-0.2, -0.15) is 0 Å². The summed E-state index contributed by atoms with van der Waals surface area (Å²) < 4.78 is 1.57. The lowest BCUT2D eigenvalue weighted by molar-refractivity contribution is -0.128. The van der Waals surface area contributed by atoms with Gasteiger partial charge in [-0.25, -0.2) is 4.68 Å². The number of aromatic nitrogens is 4. The van der Waals surface area contributed by atoms with Crippen molar-refractivity contribution in [3.05, 3.63) is 84.2 Å². The van der Waals surface area contributed by atoms with E-state index in [-0.39, 0.29) is 18.4 Å². The number of nitrogens with zero attached hydrogens (tertiary/aromatic N) is 5. The Morgan fingerprint density at radius 3 is 2.40 bits per heavy atom. The minimum absolute atomic E-state index is 0.0690. The minimum atomic E-state index is -0.895. The highest BCUT2D eigenvalue weighted by Crippen LogP contribution is 2.29. The average Bonchev–Trinajstić information content (AvgIpc) is 3.26. The summed E-state index contributed by atoms with van der Waals surface area (Å²) >= 11 is 0. The maximum absolute atomic E-state index is 13.9. The molecule has 0 fully saturated rings. The number of amides is 2. The predicted octanol–water partition coefficient (Wildman–Crippen LogP) is 4.21. The normalized spacial score (nSPS) is 12.3. The Morgan fingerprint density at radius 1 is 1.03 bits per heavy atom. The summed E-state index contributed by atoms with van der Waals surface area (Å²) in [4.78, 5) is 33.3. The second-order valence-corrected chi connectivity index (χ2v) is 9.24. The summed E-state index contributed by atoms with van der Waals surface area (Å²) in [5.74, 6) is -0.545. The molecular weight excluding hydrogens is 440 g/mol. The second-order valence-electron chi connectivity index (χ2n) is 9.24. The number of fused-ring (bicyclic) bond motifs is 1. The number of pyridine rings is 1. The molecule has 0 aliphatic rings. The van der Waals surface area contributed by atoms with Crippen molar-refractivity contribution in [1.82, 2.24) is 25.3 Å². The zero-order chi connectivity index (χ0) is 25.0. The molecule has 0 saturated heterocycles. The highest BCUT2D eigenvalue weighted by atomic mass is 16.2. The Balaban J connectivity index is 1.79. The lowest BCUT2D eigenvalue weighted by Gasteiger charge is -2.34. The quantitative estimate of drug-likeness (QED) is 0.416. The van der Waals surface area contributed by atoms with Crippen LogP contribution in [-0.2, 0) is 16.1 Å². The topological polar surface area (TPSA) is 93.0 Å². The van der Waals surface area contributed by atoms with Crippen LogP contribution in [0.1, 0.15) is 44.4 Å². The molecule has 180 valence electrons. The smallest absolute Gasteiger partial charge is 0.249 e. The first-order valence-electron chi connectivity index (χ1n) is 11.7. The molecule has 4 rings (SSSR count). The van der Waals surface area contributed by atoms with Crippen LogP contribution in [0.4, 0.5) is 5.69 Å². The molecule has 0 spiro atoms. The van der Waals surface area contributed by atoms with E-state index in [2.05, 4.69) is 20.6 Å². The molecule has 2 heterocycles. The largest absolute Gasteiger partial charge is 0.349 e. The molecule has 0 radical (unpaired) electrons.